The average molecular weight is 238 g/mol. The van der Waals surface area contributed by atoms with Crippen molar-refractivity contribution in [2.24, 2.45) is 0 Å². The van der Waals surface area contributed by atoms with E-state index in [1.165, 1.54) is 0 Å². The summed E-state index contributed by atoms with van der Waals surface area (Å²) in [5.74, 6) is 1.16. The number of aryl methyl sites for hydroxylation is 1. The van der Waals surface area contributed by atoms with E-state index in [4.69, 9.17) is 4.42 Å². The first kappa shape index (κ1) is 10.6. The van der Waals surface area contributed by atoms with Crippen molar-refractivity contribution in [3.63, 3.8) is 0 Å². The molecule has 0 N–H and O–H groups in total. The van der Waals surface area contributed by atoms with Crippen LogP contribution in [0.2, 0.25) is 0 Å². The molecular weight excluding hydrogens is 228 g/mol. The second-order valence-electron chi connectivity index (χ2n) is 3.86. The molecule has 88 valence electrons. The highest BCUT2D eigenvalue weighted by Gasteiger charge is 2.08. The third-order valence-corrected chi connectivity index (χ3v) is 2.48. The molecule has 18 heavy (non-hydrogen) atoms. The van der Waals surface area contributed by atoms with Gasteiger partial charge >= 0.3 is 0 Å². The molecule has 5 heteroatoms. The summed E-state index contributed by atoms with van der Waals surface area (Å²) in [6.45, 7) is 2.00. The molecule has 3 rings (SSSR count). The summed E-state index contributed by atoms with van der Waals surface area (Å²) in [4.78, 5) is 8.63. The maximum Gasteiger partial charge on any atom is 0.201 e. The van der Waals surface area contributed by atoms with Gasteiger partial charge in [0.2, 0.25) is 5.82 Å². The molecule has 0 aromatic carbocycles. The number of pyridine rings is 1. The second kappa shape index (κ2) is 4.37. The monoisotopic (exact) mass is 238 g/mol. The third kappa shape index (κ3) is 1.98. The lowest BCUT2D eigenvalue weighted by Gasteiger charge is -2.01. The van der Waals surface area contributed by atoms with Crippen molar-refractivity contribution in [1.82, 2.24) is 20.2 Å². The minimum Gasteiger partial charge on any atom is -0.463 e. The quantitative estimate of drug-likeness (QED) is 0.686. The number of rotatable bonds is 2. The third-order valence-electron chi connectivity index (χ3n) is 2.48. The molecule has 0 aliphatic carbocycles. The first-order valence-electron chi connectivity index (χ1n) is 5.49. The summed E-state index contributed by atoms with van der Waals surface area (Å²) in [5, 5.41) is 7.93. The van der Waals surface area contributed by atoms with Gasteiger partial charge in [-0.25, -0.2) is 4.98 Å². The Bertz CT molecular complexity index is 664. The number of hydrogen-bond acceptors (Lipinski definition) is 5. The molecule has 3 heterocycles. The van der Waals surface area contributed by atoms with Crippen molar-refractivity contribution in [3.8, 4) is 23.0 Å². The number of hydrogen-bond donors (Lipinski definition) is 0. The summed E-state index contributed by atoms with van der Waals surface area (Å²) >= 11 is 0. The van der Waals surface area contributed by atoms with Crippen molar-refractivity contribution in [1.29, 1.82) is 0 Å². The molecule has 0 bridgehead atoms. The summed E-state index contributed by atoms with van der Waals surface area (Å²) < 4.78 is 5.28. The summed E-state index contributed by atoms with van der Waals surface area (Å²) in [6, 6.07) is 7.48. The topological polar surface area (TPSA) is 64.7 Å². The van der Waals surface area contributed by atoms with Crippen LogP contribution in [0, 0.1) is 6.92 Å². The zero-order valence-corrected chi connectivity index (χ0v) is 9.74. The highest BCUT2D eigenvalue weighted by molar-refractivity contribution is 5.56. The van der Waals surface area contributed by atoms with Gasteiger partial charge in [-0.1, -0.05) is 0 Å². The predicted octanol–water partition coefficient (Wildman–Crippen LogP) is 2.50. The maximum absolute atomic E-state index is 5.28. The standard InChI is InChI=1S/C13H10N4O/c1-9-4-5-14-10(7-9)13-16-11(8-15-17-13)12-3-2-6-18-12/h2-8H,1H3. The van der Waals surface area contributed by atoms with Gasteiger partial charge in [0.05, 0.1) is 12.5 Å². The van der Waals surface area contributed by atoms with E-state index in [0.717, 1.165) is 5.56 Å². The highest BCUT2D eigenvalue weighted by Crippen LogP contribution is 2.19. The van der Waals surface area contributed by atoms with Crippen molar-refractivity contribution in [2.75, 3.05) is 0 Å². The van der Waals surface area contributed by atoms with Gasteiger partial charge < -0.3 is 4.42 Å². The molecular formula is C13H10N4O. The lowest BCUT2D eigenvalue weighted by Crippen LogP contribution is -1.96. The van der Waals surface area contributed by atoms with Gasteiger partial charge in [-0.05, 0) is 36.8 Å². The molecule has 0 atom stereocenters. The van der Waals surface area contributed by atoms with Crippen LogP contribution in [-0.4, -0.2) is 20.2 Å². The fourth-order valence-corrected chi connectivity index (χ4v) is 1.61. The molecule has 0 aliphatic heterocycles. The van der Waals surface area contributed by atoms with Gasteiger partial charge in [-0.15, -0.1) is 5.10 Å². The van der Waals surface area contributed by atoms with Gasteiger partial charge in [-0.3, -0.25) is 4.98 Å². The Morgan fingerprint density at radius 3 is 2.89 bits per heavy atom. The molecule has 0 spiro atoms. The summed E-state index contributed by atoms with van der Waals surface area (Å²) in [5.41, 5.74) is 2.45. The Morgan fingerprint density at radius 2 is 2.11 bits per heavy atom. The Labute approximate surface area is 104 Å². The van der Waals surface area contributed by atoms with Crippen molar-refractivity contribution in [3.05, 3.63) is 48.5 Å². The largest absolute Gasteiger partial charge is 0.463 e. The fraction of sp³-hybridized carbons (Fsp3) is 0.0769. The average Bonchev–Trinajstić information content (AvgIpc) is 2.93. The van der Waals surface area contributed by atoms with Crippen LogP contribution < -0.4 is 0 Å². The van der Waals surface area contributed by atoms with E-state index in [1.807, 2.05) is 31.2 Å². The Hall–Kier alpha value is -2.56. The molecule has 0 amide bonds. The second-order valence-corrected chi connectivity index (χ2v) is 3.86. The van der Waals surface area contributed by atoms with Crippen molar-refractivity contribution >= 4 is 0 Å². The fourth-order valence-electron chi connectivity index (χ4n) is 1.61. The van der Waals surface area contributed by atoms with Crippen LogP contribution in [0.3, 0.4) is 0 Å². The molecule has 3 aromatic rings. The van der Waals surface area contributed by atoms with E-state index in [0.29, 0.717) is 23.0 Å². The van der Waals surface area contributed by atoms with E-state index in [1.54, 1.807) is 18.7 Å². The molecule has 0 radical (unpaired) electrons. The normalized spacial score (nSPS) is 10.5. The first-order chi connectivity index (χ1) is 8.83. The Balaban J connectivity index is 2.06. The number of nitrogens with zero attached hydrogens (tertiary/aromatic N) is 4. The van der Waals surface area contributed by atoms with Crippen molar-refractivity contribution < 1.29 is 4.42 Å². The SMILES string of the molecule is Cc1ccnc(-c2nncc(-c3ccco3)n2)c1. The molecule has 3 aromatic heterocycles. The minimum atomic E-state index is 0.493. The smallest absolute Gasteiger partial charge is 0.201 e. The lowest BCUT2D eigenvalue weighted by molar-refractivity contribution is 0.579. The maximum atomic E-state index is 5.28. The summed E-state index contributed by atoms with van der Waals surface area (Å²) in [7, 11) is 0. The van der Waals surface area contributed by atoms with E-state index >= 15 is 0 Å². The Kier molecular flexibility index (Phi) is 2.57. The summed E-state index contributed by atoms with van der Waals surface area (Å²) in [6.07, 6.45) is 4.90. The van der Waals surface area contributed by atoms with Gasteiger partial charge in [0.15, 0.2) is 5.76 Å². The van der Waals surface area contributed by atoms with Gasteiger partial charge in [-0.2, -0.15) is 5.10 Å². The van der Waals surface area contributed by atoms with Gasteiger partial charge in [0.1, 0.15) is 11.4 Å². The van der Waals surface area contributed by atoms with Crippen LogP contribution in [0.25, 0.3) is 23.0 Å². The molecule has 0 aliphatic rings. The van der Waals surface area contributed by atoms with Crippen LogP contribution in [0.1, 0.15) is 5.56 Å². The minimum absolute atomic E-state index is 0.493. The molecule has 5 nitrogen and oxygen atoms in total. The molecule has 0 saturated carbocycles. The van der Waals surface area contributed by atoms with E-state index < -0.39 is 0 Å². The van der Waals surface area contributed by atoms with Crippen LogP contribution in [0.5, 0.6) is 0 Å². The molecule has 0 fully saturated rings. The molecule has 0 unspecified atom stereocenters. The van der Waals surface area contributed by atoms with Crippen LogP contribution in [-0.2, 0) is 0 Å². The van der Waals surface area contributed by atoms with E-state index in [2.05, 4.69) is 20.2 Å². The van der Waals surface area contributed by atoms with E-state index in [-0.39, 0.29) is 0 Å². The Morgan fingerprint density at radius 1 is 1.17 bits per heavy atom. The van der Waals surface area contributed by atoms with E-state index in [9.17, 15) is 0 Å². The van der Waals surface area contributed by atoms with Gasteiger partial charge in [0.25, 0.3) is 0 Å². The number of furan rings is 1. The van der Waals surface area contributed by atoms with Crippen LogP contribution >= 0.6 is 0 Å². The number of aromatic nitrogens is 4. The van der Waals surface area contributed by atoms with Crippen molar-refractivity contribution in [2.45, 2.75) is 6.92 Å². The zero-order chi connectivity index (χ0) is 12.4. The van der Waals surface area contributed by atoms with Crippen LogP contribution in [0.15, 0.2) is 47.3 Å². The highest BCUT2D eigenvalue weighted by atomic mass is 16.3. The van der Waals surface area contributed by atoms with Crippen LogP contribution in [0.4, 0.5) is 0 Å². The first-order valence-corrected chi connectivity index (χ1v) is 5.49. The van der Waals surface area contributed by atoms with Gasteiger partial charge in [0, 0.05) is 6.20 Å². The predicted molar refractivity (Wildman–Crippen MR) is 65.5 cm³/mol. The molecule has 0 saturated heterocycles. The lowest BCUT2D eigenvalue weighted by atomic mass is 10.2. The zero-order valence-electron chi connectivity index (χ0n) is 9.74.